The molecule has 0 aliphatic rings. The lowest BCUT2D eigenvalue weighted by molar-refractivity contribution is 0.460. The van der Waals surface area contributed by atoms with Gasteiger partial charge in [0.1, 0.15) is 22.8 Å². The number of fused-ring (bicyclic) bond motifs is 4. The van der Waals surface area contributed by atoms with Crippen LogP contribution in [-0.2, 0) is 0 Å². The fourth-order valence-electron chi connectivity index (χ4n) is 4.37. The summed E-state index contributed by atoms with van der Waals surface area (Å²) in [6.45, 7) is 4.20. The van der Waals surface area contributed by atoms with E-state index in [0.717, 1.165) is 38.6 Å². The summed E-state index contributed by atoms with van der Waals surface area (Å²) in [5, 5.41) is 13.6. The number of aromatic nitrogens is 4. The highest BCUT2D eigenvalue weighted by atomic mass is 16.5. The summed E-state index contributed by atoms with van der Waals surface area (Å²) in [6.07, 6.45) is 5.43. The minimum atomic E-state index is 0.157. The van der Waals surface area contributed by atoms with Crippen LogP contribution in [0.25, 0.3) is 38.5 Å². The Morgan fingerprint density at radius 3 is 2.59 bits per heavy atom. The maximum atomic E-state index is 10.5. The average molecular weight is 447 g/mol. The van der Waals surface area contributed by atoms with Gasteiger partial charge in [-0.1, -0.05) is 19.9 Å². The molecule has 0 unspecified atom stereocenters. The van der Waals surface area contributed by atoms with Crippen LogP contribution in [0.2, 0.25) is 0 Å². The first kappa shape index (κ1) is 20.2. The second-order valence-electron chi connectivity index (χ2n) is 8.61. The summed E-state index contributed by atoms with van der Waals surface area (Å²) in [7, 11) is 0. The lowest BCUT2D eigenvalue weighted by Gasteiger charge is -2.11. The number of aromatic hydroxyl groups is 1. The maximum Gasteiger partial charge on any atom is 0.219 e. The van der Waals surface area contributed by atoms with Crippen molar-refractivity contribution in [2.75, 3.05) is 0 Å². The van der Waals surface area contributed by atoms with Crippen LogP contribution in [0.15, 0.2) is 85.3 Å². The molecule has 0 saturated heterocycles. The summed E-state index contributed by atoms with van der Waals surface area (Å²) in [4.78, 5) is 13.5. The number of phenolic OH excluding ortho intramolecular Hbond substituents is 1. The highest BCUT2D eigenvalue weighted by Gasteiger charge is 2.15. The number of nitrogens with zero attached hydrogens (tertiary/aromatic N) is 4. The van der Waals surface area contributed by atoms with Crippen molar-refractivity contribution in [2.45, 2.75) is 19.8 Å². The van der Waals surface area contributed by atoms with E-state index >= 15 is 0 Å². The molecular formula is C28H22N4O2. The Bertz CT molecular complexity index is 1670. The summed E-state index contributed by atoms with van der Waals surface area (Å²) in [5.41, 5.74) is 3.53. The molecule has 6 aromatic rings. The van der Waals surface area contributed by atoms with Crippen molar-refractivity contribution in [3.05, 3.63) is 90.9 Å². The van der Waals surface area contributed by atoms with E-state index in [-0.39, 0.29) is 5.75 Å². The van der Waals surface area contributed by atoms with Crippen molar-refractivity contribution in [3.8, 4) is 23.2 Å². The molecule has 0 radical (unpaired) electrons. The Hall–Kier alpha value is -4.45. The van der Waals surface area contributed by atoms with E-state index in [2.05, 4.69) is 39.4 Å². The first-order valence-electron chi connectivity index (χ1n) is 11.2. The van der Waals surface area contributed by atoms with Crippen molar-refractivity contribution in [1.29, 1.82) is 0 Å². The van der Waals surface area contributed by atoms with E-state index in [1.807, 2.05) is 60.8 Å². The van der Waals surface area contributed by atoms with Crippen LogP contribution >= 0.6 is 0 Å². The van der Waals surface area contributed by atoms with Gasteiger partial charge in [0.25, 0.3) is 0 Å². The largest absolute Gasteiger partial charge is 0.506 e. The van der Waals surface area contributed by atoms with Gasteiger partial charge in [0, 0.05) is 40.7 Å². The topological polar surface area (TPSA) is 73.1 Å². The van der Waals surface area contributed by atoms with E-state index in [4.69, 9.17) is 4.74 Å². The molecule has 6 nitrogen and oxygen atoms in total. The third-order valence-corrected chi connectivity index (χ3v) is 6.08. The van der Waals surface area contributed by atoms with Crippen molar-refractivity contribution < 1.29 is 9.84 Å². The molecule has 0 bridgehead atoms. The monoisotopic (exact) mass is 446 g/mol. The quantitative estimate of drug-likeness (QED) is 0.324. The smallest absolute Gasteiger partial charge is 0.219 e. The number of hydrogen-bond acceptors (Lipinski definition) is 5. The van der Waals surface area contributed by atoms with Crippen molar-refractivity contribution >= 4 is 32.7 Å². The number of hydrogen-bond donors (Lipinski definition) is 1. The van der Waals surface area contributed by atoms with Crippen molar-refractivity contribution in [1.82, 2.24) is 19.5 Å². The molecule has 34 heavy (non-hydrogen) atoms. The fraction of sp³-hybridized carbons (Fsp3) is 0.107. The van der Waals surface area contributed by atoms with E-state index in [1.54, 1.807) is 18.5 Å². The van der Waals surface area contributed by atoms with Gasteiger partial charge in [0.2, 0.25) is 5.88 Å². The number of benzene rings is 2. The van der Waals surface area contributed by atoms with Gasteiger partial charge in [0.05, 0.1) is 17.2 Å². The Kier molecular flexibility index (Phi) is 4.66. The summed E-state index contributed by atoms with van der Waals surface area (Å²) >= 11 is 0. The van der Waals surface area contributed by atoms with Gasteiger partial charge in [-0.15, -0.1) is 0 Å². The molecule has 2 aromatic carbocycles. The second kappa shape index (κ2) is 7.85. The molecule has 4 aromatic heterocycles. The number of ether oxygens (including phenoxy) is 1. The maximum absolute atomic E-state index is 10.5. The third kappa shape index (κ3) is 3.31. The van der Waals surface area contributed by atoms with Crippen LogP contribution in [0.4, 0.5) is 0 Å². The fourth-order valence-corrected chi connectivity index (χ4v) is 4.37. The first-order chi connectivity index (χ1) is 16.6. The number of rotatable bonds is 4. The molecule has 4 heterocycles. The van der Waals surface area contributed by atoms with Crippen LogP contribution in [0.1, 0.15) is 25.3 Å². The van der Waals surface area contributed by atoms with Crippen molar-refractivity contribution in [3.63, 3.8) is 0 Å². The Morgan fingerprint density at radius 1 is 0.882 bits per heavy atom. The zero-order valence-electron chi connectivity index (χ0n) is 18.8. The standard InChI is InChI=1S/C28H22N4O2/c1-17(2)19-13-18-6-9-27(31-28(18)25(33)14-19)34-20-7-8-21-22-10-12-29-16-24(22)32(23(21)15-20)26-5-3-4-11-30-26/h3-17,33H,1-2H3. The lowest BCUT2D eigenvalue weighted by Crippen LogP contribution is -1.97. The molecule has 0 fully saturated rings. The van der Waals surface area contributed by atoms with Gasteiger partial charge in [-0.05, 0) is 60.0 Å². The molecular weight excluding hydrogens is 424 g/mol. The van der Waals surface area contributed by atoms with Gasteiger partial charge in [0.15, 0.2) is 0 Å². The van der Waals surface area contributed by atoms with Gasteiger partial charge in [-0.25, -0.2) is 9.97 Å². The molecule has 0 aliphatic heterocycles. The van der Waals surface area contributed by atoms with E-state index in [9.17, 15) is 5.11 Å². The Morgan fingerprint density at radius 2 is 1.76 bits per heavy atom. The van der Waals surface area contributed by atoms with Crippen molar-refractivity contribution in [2.24, 2.45) is 0 Å². The molecule has 166 valence electrons. The molecule has 6 rings (SSSR count). The van der Waals surface area contributed by atoms with E-state index in [1.165, 1.54) is 0 Å². The predicted molar refractivity (Wildman–Crippen MR) is 134 cm³/mol. The average Bonchev–Trinajstić information content (AvgIpc) is 3.18. The Labute approximate surface area is 196 Å². The van der Waals surface area contributed by atoms with E-state index in [0.29, 0.717) is 23.1 Å². The van der Waals surface area contributed by atoms with Crippen LogP contribution in [0.5, 0.6) is 17.4 Å². The minimum Gasteiger partial charge on any atom is -0.506 e. The van der Waals surface area contributed by atoms with Crippen LogP contribution in [0.3, 0.4) is 0 Å². The lowest BCUT2D eigenvalue weighted by atomic mass is 10.0. The Balaban J connectivity index is 1.46. The molecule has 0 amide bonds. The van der Waals surface area contributed by atoms with Crippen LogP contribution in [0, 0.1) is 0 Å². The van der Waals surface area contributed by atoms with Gasteiger partial charge in [-0.2, -0.15) is 0 Å². The summed E-state index contributed by atoms with van der Waals surface area (Å²) in [6, 6.07) is 21.4. The zero-order chi connectivity index (χ0) is 23.2. The predicted octanol–water partition coefficient (Wildman–Crippen LogP) is 6.74. The van der Waals surface area contributed by atoms with Crippen LogP contribution < -0.4 is 4.74 Å². The number of phenols is 1. The molecule has 1 N–H and O–H groups in total. The third-order valence-electron chi connectivity index (χ3n) is 6.08. The molecule has 0 aliphatic carbocycles. The summed E-state index contributed by atoms with van der Waals surface area (Å²) in [5.74, 6) is 2.35. The second-order valence-corrected chi connectivity index (χ2v) is 8.61. The normalized spacial score (nSPS) is 11.6. The highest BCUT2D eigenvalue weighted by Crippen LogP contribution is 2.35. The minimum absolute atomic E-state index is 0.157. The molecule has 0 atom stereocenters. The molecule has 0 saturated carbocycles. The number of pyridine rings is 3. The highest BCUT2D eigenvalue weighted by molar-refractivity contribution is 6.09. The van der Waals surface area contributed by atoms with Gasteiger partial charge >= 0.3 is 0 Å². The first-order valence-corrected chi connectivity index (χ1v) is 11.2. The molecule has 6 heteroatoms. The van der Waals surface area contributed by atoms with Gasteiger partial charge < -0.3 is 9.84 Å². The van der Waals surface area contributed by atoms with Gasteiger partial charge in [-0.3, -0.25) is 9.55 Å². The molecule has 0 spiro atoms. The SMILES string of the molecule is CC(C)c1cc(O)c2nc(Oc3ccc4c5ccncc5n(-c5ccccn5)c4c3)ccc2c1. The summed E-state index contributed by atoms with van der Waals surface area (Å²) < 4.78 is 8.22. The van der Waals surface area contributed by atoms with Crippen LogP contribution in [-0.4, -0.2) is 24.6 Å². The van der Waals surface area contributed by atoms with E-state index < -0.39 is 0 Å². The zero-order valence-corrected chi connectivity index (χ0v) is 18.8.